The van der Waals surface area contributed by atoms with Crippen molar-refractivity contribution in [3.8, 4) is 11.8 Å². The minimum Gasteiger partial charge on any atom is -0.481 e. The summed E-state index contributed by atoms with van der Waals surface area (Å²) < 4.78 is 5.56. The van der Waals surface area contributed by atoms with E-state index in [1.807, 2.05) is 6.07 Å². The van der Waals surface area contributed by atoms with Gasteiger partial charge in [-0.1, -0.05) is 6.07 Å². The van der Waals surface area contributed by atoms with Crippen molar-refractivity contribution < 1.29 is 19.4 Å². The molecular weight excluding hydrogens is 284 g/mol. The van der Waals surface area contributed by atoms with Gasteiger partial charge < -0.3 is 14.7 Å². The van der Waals surface area contributed by atoms with Crippen LogP contribution < -0.4 is 4.74 Å². The molecule has 0 unspecified atom stereocenters. The Morgan fingerprint density at radius 1 is 1.45 bits per heavy atom. The summed E-state index contributed by atoms with van der Waals surface area (Å²) in [6.07, 6.45) is 1.28. The standard InChI is InChI=1S/C16H18N2O4/c1-11(22-13-6-4-5-12(9-13)10-17)15(19)18-8-3-2-7-14(18)16(20)21/h4-6,9,11,14H,2-3,7-8H2,1H3,(H,20,21)/t11-,14+/m1/s1. The summed E-state index contributed by atoms with van der Waals surface area (Å²) in [5, 5.41) is 18.1. The van der Waals surface area contributed by atoms with Crippen LogP contribution in [0.3, 0.4) is 0 Å². The third-order valence-corrected chi connectivity index (χ3v) is 3.69. The number of carbonyl (C=O) groups excluding carboxylic acids is 1. The summed E-state index contributed by atoms with van der Waals surface area (Å²) in [7, 11) is 0. The predicted octanol–water partition coefficient (Wildman–Crippen LogP) is 1.79. The molecule has 1 saturated heterocycles. The maximum atomic E-state index is 12.4. The second-order valence-corrected chi connectivity index (χ2v) is 5.28. The molecule has 1 aliphatic rings. The van der Waals surface area contributed by atoms with Crippen LogP contribution in [0.15, 0.2) is 24.3 Å². The molecule has 0 spiro atoms. The summed E-state index contributed by atoms with van der Waals surface area (Å²) in [4.78, 5) is 25.1. The van der Waals surface area contributed by atoms with Crippen LogP contribution in [0.4, 0.5) is 0 Å². The van der Waals surface area contributed by atoms with Crippen LogP contribution in [-0.4, -0.2) is 40.6 Å². The summed E-state index contributed by atoms with van der Waals surface area (Å²) in [6.45, 7) is 2.02. The normalized spacial score (nSPS) is 19.1. The van der Waals surface area contributed by atoms with E-state index >= 15 is 0 Å². The van der Waals surface area contributed by atoms with Gasteiger partial charge in [-0.15, -0.1) is 0 Å². The lowest BCUT2D eigenvalue weighted by atomic mass is 10.0. The van der Waals surface area contributed by atoms with E-state index in [4.69, 9.17) is 10.00 Å². The Balaban J connectivity index is 2.07. The van der Waals surface area contributed by atoms with E-state index in [9.17, 15) is 14.7 Å². The fourth-order valence-electron chi connectivity index (χ4n) is 2.58. The van der Waals surface area contributed by atoms with E-state index in [0.717, 1.165) is 12.8 Å². The largest absolute Gasteiger partial charge is 0.481 e. The van der Waals surface area contributed by atoms with Gasteiger partial charge in [-0.05, 0) is 44.4 Å². The molecule has 0 bridgehead atoms. The van der Waals surface area contributed by atoms with Gasteiger partial charge in [0.2, 0.25) is 0 Å². The molecule has 1 N–H and O–H groups in total. The van der Waals surface area contributed by atoms with Gasteiger partial charge in [-0.2, -0.15) is 5.26 Å². The van der Waals surface area contributed by atoms with Crippen LogP contribution in [0.1, 0.15) is 31.7 Å². The molecule has 0 saturated carbocycles. The first-order chi connectivity index (χ1) is 10.5. The van der Waals surface area contributed by atoms with E-state index in [-0.39, 0.29) is 5.91 Å². The van der Waals surface area contributed by atoms with Crippen molar-refractivity contribution in [1.82, 2.24) is 4.90 Å². The lowest BCUT2D eigenvalue weighted by Crippen LogP contribution is -2.52. The Labute approximate surface area is 128 Å². The first kappa shape index (κ1) is 15.8. The Bertz CT molecular complexity index is 608. The van der Waals surface area contributed by atoms with Crippen LogP contribution in [0.5, 0.6) is 5.75 Å². The number of benzene rings is 1. The van der Waals surface area contributed by atoms with Crippen molar-refractivity contribution in [2.75, 3.05) is 6.54 Å². The summed E-state index contributed by atoms with van der Waals surface area (Å²) >= 11 is 0. The molecule has 0 aliphatic carbocycles. The Morgan fingerprint density at radius 2 is 2.23 bits per heavy atom. The zero-order valence-corrected chi connectivity index (χ0v) is 12.4. The molecule has 2 atom stereocenters. The molecule has 116 valence electrons. The van der Waals surface area contributed by atoms with E-state index in [1.54, 1.807) is 31.2 Å². The zero-order chi connectivity index (χ0) is 16.1. The maximum absolute atomic E-state index is 12.4. The molecular formula is C16H18N2O4. The highest BCUT2D eigenvalue weighted by Gasteiger charge is 2.34. The highest BCUT2D eigenvalue weighted by molar-refractivity contribution is 5.86. The second kappa shape index (κ2) is 6.94. The van der Waals surface area contributed by atoms with E-state index < -0.39 is 18.1 Å². The number of carboxylic acid groups (broad SMARTS) is 1. The molecule has 0 aromatic heterocycles. The Kier molecular flexibility index (Phi) is 4.99. The average molecular weight is 302 g/mol. The number of aliphatic carboxylic acids is 1. The number of carbonyl (C=O) groups is 2. The number of hydrogen-bond donors (Lipinski definition) is 1. The number of likely N-dealkylation sites (tertiary alicyclic amines) is 1. The molecule has 1 aliphatic heterocycles. The lowest BCUT2D eigenvalue weighted by Gasteiger charge is -2.34. The molecule has 22 heavy (non-hydrogen) atoms. The number of ether oxygens (including phenoxy) is 1. The van der Waals surface area contributed by atoms with Gasteiger partial charge in [-0.25, -0.2) is 4.79 Å². The van der Waals surface area contributed by atoms with Crippen LogP contribution in [0, 0.1) is 11.3 Å². The van der Waals surface area contributed by atoms with E-state index in [0.29, 0.717) is 24.3 Å². The minimum atomic E-state index is -0.980. The molecule has 1 heterocycles. The fourth-order valence-corrected chi connectivity index (χ4v) is 2.58. The van der Waals surface area contributed by atoms with Gasteiger partial charge in [-0.3, -0.25) is 4.79 Å². The van der Waals surface area contributed by atoms with Gasteiger partial charge >= 0.3 is 5.97 Å². The van der Waals surface area contributed by atoms with Crippen molar-refractivity contribution in [1.29, 1.82) is 5.26 Å². The van der Waals surface area contributed by atoms with Crippen LogP contribution >= 0.6 is 0 Å². The molecule has 1 aromatic rings. The summed E-state index contributed by atoms with van der Waals surface area (Å²) in [5.41, 5.74) is 0.443. The average Bonchev–Trinajstić information content (AvgIpc) is 2.54. The number of nitrogens with zero attached hydrogens (tertiary/aromatic N) is 2. The summed E-state index contributed by atoms with van der Waals surface area (Å²) in [5.74, 6) is -0.898. The van der Waals surface area contributed by atoms with Crippen molar-refractivity contribution >= 4 is 11.9 Å². The van der Waals surface area contributed by atoms with Crippen LogP contribution in [0.25, 0.3) is 0 Å². The number of hydrogen-bond acceptors (Lipinski definition) is 4. The maximum Gasteiger partial charge on any atom is 0.326 e. The molecule has 2 rings (SSSR count). The summed E-state index contributed by atoms with van der Waals surface area (Å²) in [6, 6.07) is 7.75. The fraction of sp³-hybridized carbons (Fsp3) is 0.438. The monoisotopic (exact) mass is 302 g/mol. The first-order valence-corrected chi connectivity index (χ1v) is 7.23. The second-order valence-electron chi connectivity index (χ2n) is 5.28. The number of carboxylic acids is 1. The quantitative estimate of drug-likeness (QED) is 0.915. The third kappa shape index (κ3) is 3.55. The SMILES string of the molecule is C[C@@H](Oc1cccc(C#N)c1)C(=O)N1CCCC[C@H]1C(=O)O. The van der Waals surface area contributed by atoms with Gasteiger partial charge in [0.05, 0.1) is 11.6 Å². The Morgan fingerprint density at radius 3 is 2.91 bits per heavy atom. The molecule has 6 heteroatoms. The lowest BCUT2D eigenvalue weighted by molar-refractivity contribution is -0.155. The zero-order valence-electron chi connectivity index (χ0n) is 12.4. The third-order valence-electron chi connectivity index (χ3n) is 3.69. The topological polar surface area (TPSA) is 90.6 Å². The number of nitriles is 1. The molecule has 6 nitrogen and oxygen atoms in total. The van der Waals surface area contributed by atoms with Crippen LogP contribution in [0.2, 0.25) is 0 Å². The van der Waals surface area contributed by atoms with Gasteiger partial charge in [0.25, 0.3) is 5.91 Å². The van der Waals surface area contributed by atoms with Gasteiger partial charge in [0, 0.05) is 6.54 Å². The molecule has 1 amide bonds. The molecule has 1 aromatic carbocycles. The van der Waals surface area contributed by atoms with Crippen LogP contribution in [-0.2, 0) is 9.59 Å². The van der Waals surface area contributed by atoms with Crippen molar-refractivity contribution in [3.05, 3.63) is 29.8 Å². The molecule has 0 radical (unpaired) electrons. The number of amides is 1. The number of piperidine rings is 1. The first-order valence-electron chi connectivity index (χ1n) is 7.23. The smallest absolute Gasteiger partial charge is 0.326 e. The van der Waals surface area contributed by atoms with E-state index in [1.165, 1.54) is 4.90 Å². The highest BCUT2D eigenvalue weighted by Crippen LogP contribution is 2.20. The van der Waals surface area contributed by atoms with Gasteiger partial charge in [0.15, 0.2) is 6.10 Å². The van der Waals surface area contributed by atoms with Crippen molar-refractivity contribution in [2.24, 2.45) is 0 Å². The van der Waals surface area contributed by atoms with Gasteiger partial charge in [0.1, 0.15) is 11.8 Å². The van der Waals surface area contributed by atoms with Crippen molar-refractivity contribution in [2.45, 2.75) is 38.3 Å². The number of rotatable bonds is 4. The minimum absolute atomic E-state index is 0.338. The Hall–Kier alpha value is -2.55. The molecule has 1 fully saturated rings. The van der Waals surface area contributed by atoms with Crippen molar-refractivity contribution in [3.63, 3.8) is 0 Å². The predicted molar refractivity (Wildman–Crippen MR) is 78.2 cm³/mol. The highest BCUT2D eigenvalue weighted by atomic mass is 16.5. The van der Waals surface area contributed by atoms with E-state index in [2.05, 4.69) is 0 Å².